The van der Waals surface area contributed by atoms with Gasteiger partial charge >= 0.3 is 5.69 Å². The Labute approximate surface area is 116 Å². The molecule has 0 radical (unpaired) electrons. The van der Waals surface area contributed by atoms with Crippen molar-refractivity contribution in [3.05, 3.63) is 20.8 Å². The summed E-state index contributed by atoms with van der Waals surface area (Å²) in [5, 5.41) is 0.409. The fraction of sp³-hybridized carbons (Fsp3) is 0.400. The van der Waals surface area contributed by atoms with Gasteiger partial charge in [0.2, 0.25) is 0 Å². The number of ketones is 1. The van der Waals surface area contributed by atoms with E-state index in [1.807, 2.05) is 0 Å². The van der Waals surface area contributed by atoms with E-state index < -0.39 is 11.2 Å². The van der Waals surface area contributed by atoms with Crippen LogP contribution in [0.1, 0.15) is 0 Å². The summed E-state index contributed by atoms with van der Waals surface area (Å²) in [7, 11) is 2.93. The number of hydrogen-bond acceptors (Lipinski definition) is 5. The number of thioether (sulfide) groups is 1. The van der Waals surface area contributed by atoms with Gasteiger partial charge in [0.05, 0.1) is 11.6 Å². The first-order chi connectivity index (χ1) is 8.95. The zero-order valence-electron chi connectivity index (χ0n) is 10.3. The standard InChI is InChI=1S/C10H11ClN4O3S/c1-14-7-6(8(17)15(2)10(14)18)12-9(13-7)19-4-5(16)3-11/h3-4H2,1-2H3,(H,12,13). The number of hydrogen-bond donors (Lipinski definition) is 1. The van der Waals surface area contributed by atoms with E-state index in [9.17, 15) is 14.4 Å². The molecule has 2 aromatic heterocycles. The number of H-pyrrole nitrogens is 1. The lowest BCUT2D eigenvalue weighted by molar-refractivity contribution is -0.114. The third kappa shape index (κ3) is 2.45. The number of nitrogens with one attached hydrogen (secondary N) is 1. The molecule has 0 amide bonds. The molecule has 0 aliphatic rings. The number of aromatic nitrogens is 4. The van der Waals surface area contributed by atoms with Gasteiger partial charge in [-0.3, -0.25) is 18.7 Å². The summed E-state index contributed by atoms with van der Waals surface area (Å²) in [6, 6.07) is 0. The molecule has 2 aromatic rings. The summed E-state index contributed by atoms with van der Waals surface area (Å²) < 4.78 is 2.28. The molecule has 0 saturated carbocycles. The van der Waals surface area contributed by atoms with Crippen LogP contribution in [0.5, 0.6) is 0 Å². The molecule has 0 fully saturated rings. The van der Waals surface area contributed by atoms with Gasteiger partial charge in [0.1, 0.15) is 0 Å². The van der Waals surface area contributed by atoms with E-state index in [-0.39, 0.29) is 28.6 Å². The number of carbonyl (C=O) groups excluding carboxylic acids is 1. The first-order valence-electron chi connectivity index (χ1n) is 5.32. The Balaban J connectivity index is 2.49. The molecule has 0 aliphatic carbocycles. The zero-order valence-corrected chi connectivity index (χ0v) is 11.8. The van der Waals surface area contributed by atoms with Crippen molar-refractivity contribution in [2.75, 3.05) is 11.6 Å². The van der Waals surface area contributed by atoms with Crippen molar-refractivity contribution in [3.63, 3.8) is 0 Å². The molecule has 0 spiro atoms. The number of halogens is 1. The van der Waals surface area contributed by atoms with Crippen LogP contribution in [-0.2, 0) is 18.9 Å². The van der Waals surface area contributed by atoms with Gasteiger partial charge in [0.15, 0.2) is 22.1 Å². The molecular weight excluding hydrogens is 292 g/mol. The van der Waals surface area contributed by atoms with E-state index in [0.717, 1.165) is 16.3 Å². The smallest absolute Gasteiger partial charge is 0.327 e. The molecule has 7 nitrogen and oxygen atoms in total. The van der Waals surface area contributed by atoms with Gasteiger partial charge in [0.25, 0.3) is 5.56 Å². The van der Waals surface area contributed by atoms with Crippen molar-refractivity contribution >= 4 is 40.3 Å². The van der Waals surface area contributed by atoms with Crippen molar-refractivity contribution in [3.8, 4) is 0 Å². The van der Waals surface area contributed by atoms with E-state index in [4.69, 9.17) is 11.6 Å². The molecule has 0 unspecified atom stereocenters. The Morgan fingerprint density at radius 2 is 2.05 bits per heavy atom. The monoisotopic (exact) mass is 302 g/mol. The molecule has 2 rings (SSSR count). The number of aryl methyl sites for hydroxylation is 1. The minimum atomic E-state index is -0.447. The molecule has 102 valence electrons. The van der Waals surface area contributed by atoms with Crippen molar-refractivity contribution in [2.24, 2.45) is 14.1 Å². The number of carbonyl (C=O) groups is 1. The van der Waals surface area contributed by atoms with E-state index in [2.05, 4.69) is 9.97 Å². The van der Waals surface area contributed by atoms with Gasteiger partial charge in [-0.05, 0) is 0 Å². The number of rotatable bonds is 4. The summed E-state index contributed by atoms with van der Waals surface area (Å²) in [5.41, 5.74) is -0.377. The number of nitrogens with zero attached hydrogens (tertiary/aromatic N) is 3. The molecule has 0 bridgehead atoms. The van der Waals surface area contributed by atoms with E-state index >= 15 is 0 Å². The van der Waals surface area contributed by atoms with Crippen LogP contribution >= 0.6 is 23.4 Å². The highest BCUT2D eigenvalue weighted by atomic mass is 35.5. The Morgan fingerprint density at radius 3 is 2.68 bits per heavy atom. The Morgan fingerprint density at radius 1 is 1.37 bits per heavy atom. The molecule has 1 N–H and O–H groups in total. The second kappa shape index (κ2) is 5.22. The molecule has 0 aliphatic heterocycles. The summed E-state index contributed by atoms with van der Waals surface area (Å²) in [6.45, 7) is 0. The SMILES string of the molecule is Cn1c(=O)c2[nH]c(SCC(=O)CCl)nc2n(C)c1=O. The Hall–Kier alpha value is -1.54. The van der Waals surface area contributed by atoms with Crippen molar-refractivity contribution in [2.45, 2.75) is 5.16 Å². The van der Waals surface area contributed by atoms with Gasteiger partial charge in [-0.15, -0.1) is 11.6 Å². The van der Waals surface area contributed by atoms with E-state index in [0.29, 0.717) is 5.16 Å². The summed E-state index contributed by atoms with van der Waals surface area (Å²) >= 11 is 6.54. The first-order valence-corrected chi connectivity index (χ1v) is 6.84. The largest absolute Gasteiger partial charge is 0.332 e. The van der Waals surface area contributed by atoms with E-state index in [1.165, 1.54) is 18.7 Å². The molecule has 19 heavy (non-hydrogen) atoms. The second-order valence-electron chi connectivity index (χ2n) is 3.91. The number of imidazole rings is 1. The highest BCUT2D eigenvalue weighted by molar-refractivity contribution is 7.99. The second-order valence-corrected chi connectivity index (χ2v) is 5.14. The summed E-state index contributed by atoms with van der Waals surface area (Å²) in [5.74, 6) is -0.0284. The minimum Gasteiger partial charge on any atom is -0.327 e. The molecule has 0 saturated heterocycles. The lowest BCUT2D eigenvalue weighted by Crippen LogP contribution is -2.36. The van der Waals surface area contributed by atoms with Crippen LogP contribution < -0.4 is 11.2 Å². The average Bonchev–Trinajstić information content (AvgIpc) is 2.84. The van der Waals surface area contributed by atoms with Crippen LogP contribution in [0.2, 0.25) is 0 Å². The number of Topliss-reactive ketones (excluding diaryl/α,β-unsaturated/α-hetero) is 1. The van der Waals surface area contributed by atoms with Gasteiger partial charge in [-0.2, -0.15) is 0 Å². The van der Waals surface area contributed by atoms with Crippen LogP contribution in [0.4, 0.5) is 0 Å². The van der Waals surface area contributed by atoms with Crippen molar-refractivity contribution in [1.29, 1.82) is 0 Å². The topological polar surface area (TPSA) is 89.8 Å². The van der Waals surface area contributed by atoms with Crippen molar-refractivity contribution in [1.82, 2.24) is 19.1 Å². The fourth-order valence-corrected chi connectivity index (χ4v) is 2.49. The molecule has 0 atom stereocenters. The predicted octanol–water partition coefficient (Wildman–Crippen LogP) is -0.140. The number of alkyl halides is 1. The maximum absolute atomic E-state index is 11.9. The molecule has 9 heteroatoms. The molecular formula is C10H11ClN4O3S. The van der Waals surface area contributed by atoms with E-state index in [1.54, 1.807) is 0 Å². The first kappa shape index (κ1) is 13.9. The van der Waals surface area contributed by atoms with Crippen molar-refractivity contribution < 1.29 is 4.79 Å². The predicted molar refractivity (Wildman–Crippen MR) is 73.0 cm³/mol. The van der Waals surface area contributed by atoms with Gasteiger partial charge in [-0.1, -0.05) is 11.8 Å². The van der Waals surface area contributed by atoms with Crippen LogP contribution in [0.3, 0.4) is 0 Å². The number of aromatic amines is 1. The highest BCUT2D eigenvalue weighted by Crippen LogP contribution is 2.16. The van der Waals surface area contributed by atoms with Gasteiger partial charge in [0, 0.05) is 14.1 Å². The van der Waals surface area contributed by atoms with Crippen LogP contribution in [0.25, 0.3) is 11.2 Å². The average molecular weight is 303 g/mol. The Kier molecular flexibility index (Phi) is 3.81. The maximum Gasteiger partial charge on any atom is 0.332 e. The van der Waals surface area contributed by atoms with Crippen LogP contribution in [-0.4, -0.2) is 36.5 Å². The van der Waals surface area contributed by atoms with Crippen LogP contribution in [0, 0.1) is 0 Å². The third-order valence-corrected chi connectivity index (χ3v) is 3.82. The lowest BCUT2D eigenvalue weighted by atomic mass is 10.5. The maximum atomic E-state index is 11.9. The third-order valence-electron chi connectivity index (χ3n) is 2.59. The minimum absolute atomic E-state index is 0.0620. The Bertz CT molecular complexity index is 760. The fourth-order valence-electron chi connectivity index (χ4n) is 1.56. The lowest BCUT2D eigenvalue weighted by Gasteiger charge is -2.00. The highest BCUT2D eigenvalue weighted by Gasteiger charge is 2.14. The molecule has 0 aromatic carbocycles. The van der Waals surface area contributed by atoms with Gasteiger partial charge in [-0.25, -0.2) is 9.78 Å². The summed E-state index contributed by atoms with van der Waals surface area (Å²) in [6.07, 6.45) is 0. The quantitative estimate of drug-likeness (QED) is 0.627. The van der Waals surface area contributed by atoms with Gasteiger partial charge < -0.3 is 4.98 Å². The summed E-state index contributed by atoms with van der Waals surface area (Å²) in [4.78, 5) is 41.7. The molecule has 2 heterocycles. The van der Waals surface area contributed by atoms with Crippen LogP contribution in [0.15, 0.2) is 14.7 Å². The normalized spacial score (nSPS) is 11.1. The number of fused-ring (bicyclic) bond motifs is 1. The zero-order chi connectivity index (χ0) is 14.2.